The summed E-state index contributed by atoms with van der Waals surface area (Å²) in [4.78, 5) is 36.0. The van der Waals surface area contributed by atoms with Crippen molar-refractivity contribution in [1.29, 1.82) is 0 Å². The van der Waals surface area contributed by atoms with Gasteiger partial charge in [0, 0.05) is 42.2 Å². The van der Waals surface area contributed by atoms with Crippen molar-refractivity contribution in [2.75, 3.05) is 13.1 Å². The topological polar surface area (TPSA) is 91.6 Å². The number of nitrogens with zero attached hydrogens (tertiary/aromatic N) is 2. The highest BCUT2D eigenvalue weighted by Gasteiger charge is 2.24. The van der Waals surface area contributed by atoms with Gasteiger partial charge in [-0.15, -0.1) is 0 Å². The number of carbonyl (C=O) groups excluding carboxylic acids is 2. The molecule has 0 bridgehead atoms. The number of hydrazine groups is 1. The number of Topliss-reactive ketones (excluding diaryl/α,β-unsaturated/α-hetero) is 1. The van der Waals surface area contributed by atoms with E-state index in [0.29, 0.717) is 17.0 Å². The minimum atomic E-state index is -1.06. The summed E-state index contributed by atoms with van der Waals surface area (Å²) in [5, 5.41) is 12.3. The molecule has 4 rings (SSSR count). The van der Waals surface area contributed by atoms with E-state index in [1.807, 2.05) is 11.1 Å². The summed E-state index contributed by atoms with van der Waals surface area (Å²) in [5.74, 6) is -0.800. The number of rotatable bonds is 8. The van der Waals surface area contributed by atoms with Crippen molar-refractivity contribution in [3.8, 4) is 0 Å². The van der Waals surface area contributed by atoms with Crippen LogP contribution in [-0.4, -0.2) is 45.4 Å². The zero-order chi connectivity index (χ0) is 23.4. The lowest BCUT2D eigenvalue weighted by Gasteiger charge is -2.32. The highest BCUT2D eigenvalue weighted by Crippen LogP contribution is 2.25. The first-order valence-corrected chi connectivity index (χ1v) is 11.3. The number of aliphatic carboxylic acids is 1. The summed E-state index contributed by atoms with van der Waals surface area (Å²) >= 11 is 0. The minimum absolute atomic E-state index is 0.0818. The Morgan fingerprint density at radius 2 is 1.79 bits per heavy atom. The molecule has 1 aliphatic rings. The van der Waals surface area contributed by atoms with Crippen molar-refractivity contribution in [3.05, 3.63) is 71.9 Å². The van der Waals surface area contributed by atoms with Crippen molar-refractivity contribution in [1.82, 2.24) is 15.0 Å². The van der Waals surface area contributed by atoms with E-state index in [1.54, 1.807) is 35.0 Å². The van der Waals surface area contributed by atoms with Crippen LogP contribution in [0.25, 0.3) is 10.9 Å². The molecule has 2 N–H and O–H groups in total. The van der Waals surface area contributed by atoms with E-state index in [9.17, 15) is 19.5 Å². The van der Waals surface area contributed by atoms with Gasteiger partial charge in [-0.1, -0.05) is 30.3 Å². The Morgan fingerprint density at radius 1 is 1.06 bits per heavy atom. The lowest BCUT2D eigenvalue weighted by Crippen LogP contribution is -2.46. The maximum atomic E-state index is 12.8. The van der Waals surface area contributed by atoms with Gasteiger partial charge in [-0.2, -0.15) is 0 Å². The van der Waals surface area contributed by atoms with Crippen LogP contribution in [0.15, 0.2) is 60.8 Å². The van der Waals surface area contributed by atoms with Crippen LogP contribution in [0.4, 0.5) is 0 Å². The molecule has 1 saturated heterocycles. The van der Waals surface area contributed by atoms with Crippen molar-refractivity contribution < 1.29 is 19.5 Å². The molecule has 3 aromatic rings. The average molecular weight is 448 g/mol. The van der Waals surface area contributed by atoms with Gasteiger partial charge in [-0.25, -0.2) is 9.80 Å². The quantitative estimate of drug-likeness (QED) is 0.547. The SMILES string of the molecule is CC(=O)CC(C(=O)O)n1ccc2cc(C(=O)NN3CCC(Cc4ccccc4)CC3)ccc21. The van der Waals surface area contributed by atoms with Crippen LogP contribution in [0.5, 0.6) is 0 Å². The van der Waals surface area contributed by atoms with E-state index in [2.05, 4.69) is 29.7 Å². The molecule has 1 unspecified atom stereocenters. The molecule has 172 valence electrons. The fraction of sp³-hybridized carbons (Fsp3) is 0.346. The van der Waals surface area contributed by atoms with Crippen molar-refractivity contribution in [2.24, 2.45) is 5.92 Å². The van der Waals surface area contributed by atoms with Gasteiger partial charge in [0.05, 0.1) is 0 Å². The smallest absolute Gasteiger partial charge is 0.327 e. The number of benzene rings is 2. The summed E-state index contributed by atoms with van der Waals surface area (Å²) in [7, 11) is 0. The number of aromatic nitrogens is 1. The van der Waals surface area contributed by atoms with Gasteiger partial charge < -0.3 is 9.67 Å². The molecule has 0 spiro atoms. The summed E-state index contributed by atoms with van der Waals surface area (Å²) in [6.07, 6.45) is 4.71. The molecule has 1 atom stereocenters. The zero-order valence-electron chi connectivity index (χ0n) is 18.7. The molecule has 1 aromatic heterocycles. The van der Waals surface area contributed by atoms with Gasteiger partial charge in [-0.3, -0.25) is 15.0 Å². The lowest BCUT2D eigenvalue weighted by atomic mass is 9.91. The van der Waals surface area contributed by atoms with Crippen molar-refractivity contribution in [2.45, 2.75) is 38.6 Å². The Kier molecular flexibility index (Phi) is 6.89. The summed E-state index contributed by atoms with van der Waals surface area (Å²) in [5.41, 5.74) is 5.56. The Labute approximate surface area is 193 Å². The number of carboxylic acid groups (broad SMARTS) is 1. The third-order valence-corrected chi connectivity index (χ3v) is 6.33. The van der Waals surface area contributed by atoms with Crippen LogP contribution in [-0.2, 0) is 16.0 Å². The van der Waals surface area contributed by atoms with E-state index in [4.69, 9.17) is 0 Å². The molecule has 33 heavy (non-hydrogen) atoms. The highest BCUT2D eigenvalue weighted by atomic mass is 16.4. The first kappa shape index (κ1) is 22.7. The van der Waals surface area contributed by atoms with Crippen molar-refractivity contribution in [3.63, 3.8) is 0 Å². The van der Waals surface area contributed by atoms with Gasteiger partial charge in [-0.05, 0) is 61.9 Å². The lowest BCUT2D eigenvalue weighted by molar-refractivity contribution is -0.142. The molecular formula is C26H29N3O4. The number of amides is 1. The molecule has 0 aliphatic carbocycles. The number of carboxylic acids is 1. The molecule has 2 aromatic carbocycles. The van der Waals surface area contributed by atoms with Crippen LogP contribution < -0.4 is 5.43 Å². The molecular weight excluding hydrogens is 418 g/mol. The molecule has 0 saturated carbocycles. The predicted octanol–water partition coefficient (Wildman–Crippen LogP) is 3.85. The standard InChI is InChI=1S/C26H29N3O4/c1-18(30)15-24(26(32)33)29-14-11-21-17-22(7-8-23(21)29)25(31)27-28-12-9-20(10-13-28)16-19-5-3-2-4-6-19/h2-8,11,14,17,20,24H,9-10,12-13,15-16H2,1H3,(H,27,31)(H,32,33). The largest absolute Gasteiger partial charge is 0.480 e. The molecule has 7 nitrogen and oxygen atoms in total. The van der Waals surface area contributed by atoms with Gasteiger partial charge in [0.2, 0.25) is 0 Å². The summed E-state index contributed by atoms with van der Waals surface area (Å²) in [6, 6.07) is 16.5. The third-order valence-electron chi connectivity index (χ3n) is 6.33. The molecule has 7 heteroatoms. The van der Waals surface area contributed by atoms with Gasteiger partial charge in [0.1, 0.15) is 11.8 Å². The fourth-order valence-corrected chi connectivity index (χ4v) is 4.56. The van der Waals surface area contributed by atoms with Gasteiger partial charge in [0.25, 0.3) is 5.91 Å². The predicted molar refractivity (Wildman–Crippen MR) is 126 cm³/mol. The number of hydrogen-bond acceptors (Lipinski definition) is 4. The Hall–Kier alpha value is -3.45. The van der Waals surface area contributed by atoms with Gasteiger partial charge in [0.15, 0.2) is 0 Å². The molecule has 2 heterocycles. The number of nitrogens with one attached hydrogen (secondary N) is 1. The fourth-order valence-electron chi connectivity index (χ4n) is 4.56. The first-order valence-electron chi connectivity index (χ1n) is 11.3. The van der Waals surface area contributed by atoms with Crippen LogP contribution in [0.1, 0.15) is 48.1 Å². The van der Waals surface area contributed by atoms with Crippen LogP contribution >= 0.6 is 0 Å². The van der Waals surface area contributed by atoms with E-state index >= 15 is 0 Å². The Bertz CT molecular complexity index is 1150. The summed E-state index contributed by atoms with van der Waals surface area (Å²) in [6.45, 7) is 3.01. The minimum Gasteiger partial charge on any atom is -0.480 e. The van der Waals surface area contributed by atoms with Gasteiger partial charge >= 0.3 is 5.97 Å². The van der Waals surface area contributed by atoms with E-state index in [0.717, 1.165) is 37.7 Å². The maximum Gasteiger partial charge on any atom is 0.327 e. The van der Waals surface area contributed by atoms with Crippen LogP contribution in [0.2, 0.25) is 0 Å². The number of piperidine rings is 1. The third kappa shape index (κ3) is 5.49. The second-order valence-electron chi connectivity index (χ2n) is 8.82. The average Bonchev–Trinajstić information content (AvgIpc) is 3.22. The number of fused-ring (bicyclic) bond motifs is 1. The highest BCUT2D eigenvalue weighted by molar-refractivity contribution is 5.98. The van der Waals surface area contributed by atoms with Crippen LogP contribution in [0.3, 0.4) is 0 Å². The molecule has 1 fully saturated rings. The Morgan fingerprint density at radius 3 is 2.45 bits per heavy atom. The normalized spacial score (nSPS) is 15.9. The van der Waals surface area contributed by atoms with E-state index < -0.39 is 12.0 Å². The maximum absolute atomic E-state index is 12.8. The first-order chi connectivity index (χ1) is 15.9. The second-order valence-corrected chi connectivity index (χ2v) is 8.82. The molecule has 1 amide bonds. The monoisotopic (exact) mass is 447 g/mol. The van der Waals surface area contributed by atoms with Crippen molar-refractivity contribution >= 4 is 28.6 Å². The zero-order valence-corrected chi connectivity index (χ0v) is 18.7. The molecule has 0 radical (unpaired) electrons. The van der Waals surface area contributed by atoms with E-state index in [1.165, 1.54) is 12.5 Å². The number of carbonyl (C=O) groups is 3. The number of ketones is 1. The molecule has 1 aliphatic heterocycles. The number of hydrogen-bond donors (Lipinski definition) is 2. The summed E-state index contributed by atoms with van der Waals surface area (Å²) < 4.78 is 1.58. The second kappa shape index (κ2) is 10.0. The van der Waals surface area contributed by atoms with E-state index in [-0.39, 0.29) is 18.1 Å². The van der Waals surface area contributed by atoms with Crippen LogP contribution in [0, 0.1) is 5.92 Å². The Balaban J connectivity index is 1.38.